The molecule has 1 amide bonds. The molecule has 1 aromatic carbocycles. The Labute approximate surface area is 117 Å². The normalized spacial score (nSPS) is 22.1. The summed E-state index contributed by atoms with van der Waals surface area (Å²) in [5.41, 5.74) is 0.803. The van der Waals surface area contributed by atoms with Crippen molar-refractivity contribution in [3.63, 3.8) is 0 Å². The van der Waals surface area contributed by atoms with Crippen molar-refractivity contribution < 1.29 is 19.4 Å². The standard InChI is InChI=1S/C15H19NO4/c1-2-20-13-8-11(13)15(19)16-12(9-14(17)18)10-6-4-3-5-7-10/h3-7,11-13H,2,8-9H2,1H3,(H,16,19)(H,17,18)/t11-,12-,13+/m0/s1. The third kappa shape index (κ3) is 3.81. The Morgan fingerprint density at radius 2 is 2.10 bits per heavy atom. The third-order valence-electron chi connectivity index (χ3n) is 3.35. The molecule has 1 saturated carbocycles. The minimum Gasteiger partial charge on any atom is -0.481 e. The summed E-state index contributed by atoms with van der Waals surface area (Å²) in [4.78, 5) is 23.0. The van der Waals surface area contributed by atoms with Gasteiger partial charge in [-0.25, -0.2) is 0 Å². The van der Waals surface area contributed by atoms with E-state index in [1.54, 1.807) is 0 Å². The molecule has 20 heavy (non-hydrogen) atoms. The number of nitrogens with one attached hydrogen (secondary N) is 1. The largest absolute Gasteiger partial charge is 0.481 e. The van der Waals surface area contributed by atoms with E-state index in [2.05, 4.69) is 5.32 Å². The molecule has 0 saturated heterocycles. The van der Waals surface area contributed by atoms with Crippen molar-refractivity contribution in [2.75, 3.05) is 6.61 Å². The average Bonchev–Trinajstić information content (AvgIpc) is 3.18. The van der Waals surface area contributed by atoms with Crippen LogP contribution < -0.4 is 5.32 Å². The van der Waals surface area contributed by atoms with Crippen LogP contribution in [0.4, 0.5) is 0 Å². The molecule has 0 spiro atoms. The number of hydrogen-bond acceptors (Lipinski definition) is 3. The first kappa shape index (κ1) is 14.5. The number of carbonyl (C=O) groups is 2. The van der Waals surface area contributed by atoms with Gasteiger partial charge in [0.15, 0.2) is 0 Å². The highest BCUT2D eigenvalue weighted by Gasteiger charge is 2.44. The second-order valence-corrected chi connectivity index (χ2v) is 4.91. The van der Waals surface area contributed by atoms with Gasteiger partial charge in [-0.3, -0.25) is 9.59 Å². The summed E-state index contributed by atoms with van der Waals surface area (Å²) in [6, 6.07) is 8.66. The molecule has 1 fully saturated rings. The van der Waals surface area contributed by atoms with Crippen LogP contribution in [-0.2, 0) is 14.3 Å². The second kappa shape index (κ2) is 6.52. The summed E-state index contributed by atoms with van der Waals surface area (Å²) < 4.78 is 5.38. The van der Waals surface area contributed by atoms with Crippen LogP contribution in [-0.4, -0.2) is 29.7 Å². The lowest BCUT2D eigenvalue weighted by atomic mass is 10.0. The maximum absolute atomic E-state index is 12.1. The average molecular weight is 277 g/mol. The minimum absolute atomic E-state index is 0.0127. The van der Waals surface area contributed by atoms with Gasteiger partial charge in [-0.1, -0.05) is 30.3 Å². The van der Waals surface area contributed by atoms with Gasteiger partial charge < -0.3 is 15.2 Å². The molecular formula is C15H19NO4. The minimum atomic E-state index is -0.934. The predicted molar refractivity (Wildman–Crippen MR) is 73.1 cm³/mol. The fraction of sp³-hybridized carbons (Fsp3) is 0.467. The molecule has 2 N–H and O–H groups in total. The van der Waals surface area contributed by atoms with Gasteiger partial charge in [0.05, 0.1) is 24.5 Å². The summed E-state index contributed by atoms with van der Waals surface area (Å²) in [6.07, 6.45) is 0.581. The van der Waals surface area contributed by atoms with Gasteiger partial charge in [-0.05, 0) is 18.9 Å². The quantitative estimate of drug-likeness (QED) is 0.796. The molecule has 108 valence electrons. The maximum Gasteiger partial charge on any atom is 0.305 e. The Kier molecular flexibility index (Phi) is 4.74. The molecule has 0 aromatic heterocycles. The van der Waals surface area contributed by atoms with Crippen molar-refractivity contribution in [1.29, 1.82) is 0 Å². The van der Waals surface area contributed by atoms with Crippen LogP contribution in [0.25, 0.3) is 0 Å². The summed E-state index contributed by atoms with van der Waals surface area (Å²) in [6.45, 7) is 2.48. The van der Waals surface area contributed by atoms with Gasteiger partial charge in [0.25, 0.3) is 0 Å². The highest BCUT2D eigenvalue weighted by Crippen LogP contribution is 2.34. The van der Waals surface area contributed by atoms with E-state index in [9.17, 15) is 9.59 Å². The van der Waals surface area contributed by atoms with Gasteiger partial charge in [0, 0.05) is 6.61 Å². The van der Waals surface area contributed by atoms with Gasteiger partial charge >= 0.3 is 5.97 Å². The first-order chi connectivity index (χ1) is 9.61. The van der Waals surface area contributed by atoms with Crippen LogP contribution in [0.5, 0.6) is 0 Å². The molecule has 1 aliphatic rings. The zero-order valence-corrected chi connectivity index (χ0v) is 11.4. The van der Waals surface area contributed by atoms with E-state index >= 15 is 0 Å². The van der Waals surface area contributed by atoms with E-state index in [4.69, 9.17) is 9.84 Å². The van der Waals surface area contributed by atoms with Crippen molar-refractivity contribution in [2.45, 2.75) is 31.9 Å². The topological polar surface area (TPSA) is 75.6 Å². The molecular weight excluding hydrogens is 258 g/mol. The number of carboxylic acid groups (broad SMARTS) is 1. The van der Waals surface area contributed by atoms with Crippen LogP contribution in [0.1, 0.15) is 31.4 Å². The van der Waals surface area contributed by atoms with Crippen molar-refractivity contribution >= 4 is 11.9 Å². The third-order valence-corrected chi connectivity index (χ3v) is 3.35. The summed E-state index contributed by atoms with van der Waals surface area (Å²) in [5, 5.41) is 11.8. The van der Waals surface area contributed by atoms with Crippen LogP contribution in [0.15, 0.2) is 30.3 Å². The highest BCUT2D eigenvalue weighted by molar-refractivity contribution is 5.83. The summed E-state index contributed by atoms with van der Waals surface area (Å²) in [7, 11) is 0. The number of carboxylic acids is 1. The number of aliphatic carboxylic acids is 1. The van der Waals surface area contributed by atoms with Crippen molar-refractivity contribution in [3.05, 3.63) is 35.9 Å². The number of rotatable bonds is 7. The lowest BCUT2D eigenvalue weighted by Gasteiger charge is -2.17. The highest BCUT2D eigenvalue weighted by atomic mass is 16.5. The fourth-order valence-electron chi connectivity index (χ4n) is 2.24. The van der Waals surface area contributed by atoms with Crippen molar-refractivity contribution in [1.82, 2.24) is 5.32 Å². The molecule has 5 heteroatoms. The van der Waals surface area contributed by atoms with Crippen LogP contribution in [0.3, 0.4) is 0 Å². The monoisotopic (exact) mass is 277 g/mol. The Morgan fingerprint density at radius 1 is 1.40 bits per heavy atom. The molecule has 0 radical (unpaired) electrons. The van der Waals surface area contributed by atoms with Gasteiger partial charge in [-0.15, -0.1) is 0 Å². The maximum atomic E-state index is 12.1. The zero-order valence-electron chi connectivity index (χ0n) is 11.4. The number of amides is 1. The summed E-state index contributed by atoms with van der Waals surface area (Å²) >= 11 is 0. The molecule has 1 aliphatic carbocycles. The van der Waals surface area contributed by atoms with Gasteiger partial charge in [0.2, 0.25) is 5.91 Å². The van der Waals surface area contributed by atoms with Crippen molar-refractivity contribution in [2.24, 2.45) is 5.92 Å². The van der Waals surface area contributed by atoms with Gasteiger partial charge in [-0.2, -0.15) is 0 Å². The van der Waals surface area contributed by atoms with Crippen LogP contribution in [0, 0.1) is 5.92 Å². The lowest BCUT2D eigenvalue weighted by Crippen LogP contribution is -2.32. The van der Waals surface area contributed by atoms with Crippen LogP contribution in [0.2, 0.25) is 0 Å². The smallest absolute Gasteiger partial charge is 0.305 e. The molecule has 1 aromatic rings. The number of benzene rings is 1. The van der Waals surface area contributed by atoms with E-state index in [0.29, 0.717) is 13.0 Å². The Hall–Kier alpha value is -1.88. The van der Waals surface area contributed by atoms with E-state index in [1.165, 1.54) is 0 Å². The fourth-order valence-corrected chi connectivity index (χ4v) is 2.24. The van der Waals surface area contributed by atoms with E-state index in [-0.39, 0.29) is 24.3 Å². The Bertz CT molecular complexity index is 474. The summed E-state index contributed by atoms with van der Waals surface area (Å²) in [5.74, 6) is -1.20. The molecule has 2 rings (SSSR count). The van der Waals surface area contributed by atoms with Gasteiger partial charge in [0.1, 0.15) is 0 Å². The number of carbonyl (C=O) groups excluding carboxylic acids is 1. The molecule has 0 heterocycles. The SMILES string of the molecule is CCO[C@@H]1C[C@@H]1C(=O)N[C@@H](CC(=O)O)c1ccccc1. The molecule has 5 nitrogen and oxygen atoms in total. The molecule has 0 bridgehead atoms. The van der Waals surface area contributed by atoms with Crippen molar-refractivity contribution in [3.8, 4) is 0 Å². The lowest BCUT2D eigenvalue weighted by molar-refractivity contribution is -0.137. The van der Waals surface area contributed by atoms with E-state index < -0.39 is 12.0 Å². The van der Waals surface area contributed by atoms with E-state index in [1.807, 2.05) is 37.3 Å². The Morgan fingerprint density at radius 3 is 2.70 bits per heavy atom. The Balaban J connectivity index is 1.98. The molecule has 0 aliphatic heterocycles. The predicted octanol–water partition coefficient (Wildman–Crippen LogP) is 1.74. The first-order valence-electron chi connectivity index (χ1n) is 6.80. The van der Waals surface area contributed by atoms with E-state index in [0.717, 1.165) is 5.56 Å². The second-order valence-electron chi connectivity index (χ2n) is 4.91. The number of hydrogen-bond donors (Lipinski definition) is 2. The zero-order chi connectivity index (χ0) is 14.5. The van der Waals surface area contributed by atoms with Crippen LogP contribution >= 0.6 is 0 Å². The number of ether oxygens (including phenoxy) is 1. The molecule has 0 unspecified atom stereocenters. The first-order valence-corrected chi connectivity index (χ1v) is 6.80. The molecule has 3 atom stereocenters.